The van der Waals surface area contributed by atoms with Gasteiger partial charge in [0.25, 0.3) is 0 Å². The van der Waals surface area contributed by atoms with E-state index >= 15 is 0 Å². The van der Waals surface area contributed by atoms with Crippen LogP contribution in [0, 0.1) is 0 Å². The van der Waals surface area contributed by atoms with Crippen molar-refractivity contribution in [2.24, 2.45) is 5.84 Å². The Morgan fingerprint density at radius 2 is 2.10 bits per heavy atom. The fourth-order valence-electron chi connectivity index (χ4n) is 2.26. The normalized spacial score (nSPS) is 12.7. The van der Waals surface area contributed by atoms with Crippen LogP contribution in [0.1, 0.15) is 17.3 Å². The Balaban J connectivity index is 1.91. The van der Waals surface area contributed by atoms with E-state index in [-0.39, 0.29) is 6.04 Å². The number of furan rings is 1. The number of hydrogen-bond acceptors (Lipinski definition) is 4. The molecule has 0 aliphatic rings. The molecule has 0 aliphatic carbocycles. The number of rotatable bonds is 4. The van der Waals surface area contributed by atoms with Gasteiger partial charge in [-0.1, -0.05) is 18.2 Å². The quantitative estimate of drug-likeness (QED) is 0.568. The van der Waals surface area contributed by atoms with Crippen LogP contribution in [0.5, 0.6) is 0 Å². The molecule has 0 saturated heterocycles. The van der Waals surface area contributed by atoms with Crippen molar-refractivity contribution in [2.75, 3.05) is 0 Å². The van der Waals surface area contributed by atoms with Crippen molar-refractivity contribution in [3.05, 3.63) is 64.6 Å². The van der Waals surface area contributed by atoms with Gasteiger partial charge in [0.2, 0.25) is 0 Å². The maximum atomic E-state index is 5.70. The van der Waals surface area contributed by atoms with Crippen LogP contribution in [0.4, 0.5) is 0 Å². The van der Waals surface area contributed by atoms with Gasteiger partial charge in [0.05, 0.1) is 12.3 Å². The molecule has 20 heavy (non-hydrogen) atoms. The van der Waals surface area contributed by atoms with Crippen LogP contribution in [0.2, 0.25) is 0 Å². The molecule has 2 aromatic heterocycles. The molecule has 0 radical (unpaired) electrons. The number of fused-ring (bicyclic) bond motifs is 1. The van der Waals surface area contributed by atoms with Gasteiger partial charge in [0.15, 0.2) is 0 Å². The third kappa shape index (κ3) is 2.60. The molecule has 1 atom stereocenters. The van der Waals surface area contributed by atoms with Gasteiger partial charge in [0, 0.05) is 33.7 Å². The lowest BCUT2D eigenvalue weighted by Gasteiger charge is -2.14. The summed E-state index contributed by atoms with van der Waals surface area (Å²) in [5.74, 6) is 5.70. The van der Waals surface area contributed by atoms with E-state index in [9.17, 15) is 0 Å². The first kappa shape index (κ1) is 13.3. The molecule has 0 aliphatic heterocycles. The van der Waals surface area contributed by atoms with Crippen LogP contribution < -0.4 is 11.3 Å². The number of pyridine rings is 1. The van der Waals surface area contributed by atoms with Crippen molar-refractivity contribution < 1.29 is 4.42 Å². The maximum Gasteiger partial charge on any atom is 0.134 e. The smallest absolute Gasteiger partial charge is 0.134 e. The summed E-state index contributed by atoms with van der Waals surface area (Å²) < 4.78 is 6.53. The first-order valence-electron chi connectivity index (χ1n) is 6.30. The number of para-hydroxylation sites is 1. The molecule has 1 unspecified atom stereocenters. The predicted octanol–water partition coefficient (Wildman–Crippen LogP) is 3.34. The Morgan fingerprint density at radius 1 is 1.25 bits per heavy atom. The molecule has 0 amide bonds. The molecule has 0 spiro atoms. The number of aromatic nitrogens is 1. The zero-order chi connectivity index (χ0) is 13.9. The summed E-state index contributed by atoms with van der Waals surface area (Å²) in [6.07, 6.45) is 4.25. The second-order valence-electron chi connectivity index (χ2n) is 4.58. The number of benzene rings is 1. The van der Waals surface area contributed by atoms with Crippen LogP contribution in [0.25, 0.3) is 11.0 Å². The van der Waals surface area contributed by atoms with E-state index in [1.54, 1.807) is 12.5 Å². The Kier molecular flexibility index (Phi) is 3.82. The summed E-state index contributed by atoms with van der Waals surface area (Å²) in [6.45, 7) is 0. The standard InChI is InChI=1S/C15H14BrN3O/c16-10-5-6-11(18-8-10)7-14(19-17)13-9-20-15-4-2-1-3-12(13)15/h1-6,8-9,14,19H,7,17H2. The highest BCUT2D eigenvalue weighted by molar-refractivity contribution is 9.10. The summed E-state index contributed by atoms with van der Waals surface area (Å²) in [6, 6.07) is 11.9. The maximum absolute atomic E-state index is 5.70. The summed E-state index contributed by atoms with van der Waals surface area (Å²) in [5.41, 5.74) is 5.74. The van der Waals surface area contributed by atoms with E-state index in [1.165, 1.54) is 0 Å². The van der Waals surface area contributed by atoms with Crippen molar-refractivity contribution in [3.8, 4) is 0 Å². The molecule has 0 saturated carbocycles. The summed E-state index contributed by atoms with van der Waals surface area (Å²) in [5, 5.41) is 1.08. The minimum Gasteiger partial charge on any atom is -0.464 e. The van der Waals surface area contributed by atoms with Crippen LogP contribution in [-0.4, -0.2) is 4.98 Å². The molecule has 5 heteroatoms. The van der Waals surface area contributed by atoms with E-state index in [1.807, 2.05) is 36.4 Å². The van der Waals surface area contributed by atoms with Crippen LogP contribution in [0.3, 0.4) is 0 Å². The first-order chi connectivity index (χ1) is 9.78. The molecule has 0 fully saturated rings. The van der Waals surface area contributed by atoms with Crippen molar-refractivity contribution in [1.29, 1.82) is 0 Å². The lowest BCUT2D eigenvalue weighted by atomic mass is 10.0. The van der Waals surface area contributed by atoms with Gasteiger partial charge in [-0.2, -0.15) is 0 Å². The number of nitrogens with two attached hydrogens (primary N) is 1. The van der Waals surface area contributed by atoms with Crippen molar-refractivity contribution in [2.45, 2.75) is 12.5 Å². The summed E-state index contributed by atoms with van der Waals surface area (Å²) in [4.78, 5) is 4.38. The van der Waals surface area contributed by atoms with Gasteiger partial charge in [-0.3, -0.25) is 16.3 Å². The number of hydrazine groups is 1. The van der Waals surface area contributed by atoms with Gasteiger partial charge in [-0.05, 0) is 34.1 Å². The molecule has 0 bridgehead atoms. The largest absolute Gasteiger partial charge is 0.464 e. The van der Waals surface area contributed by atoms with Gasteiger partial charge in [-0.25, -0.2) is 0 Å². The van der Waals surface area contributed by atoms with E-state index in [2.05, 4.69) is 26.3 Å². The molecular formula is C15H14BrN3O. The molecule has 4 nitrogen and oxygen atoms in total. The molecule has 102 valence electrons. The number of nitrogens with zero attached hydrogens (tertiary/aromatic N) is 1. The SMILES string of the molecule is NNC(Cc1ccc(Br)cn1)c1coc2ccccc12. The first-order valence-corrected chi connectivity index (χ1v) is 7.10. The van der Waals surface area contributed by atoms with Gasteiger partial charge in [0.1, 0.15) is 5.58 Å². The van der Waals surface area contributed by atoms with E-state index in [4.69, 9.17) is 10.3 Å². The lowest BCUT2D eigenvalue weighted by molar-refractivity contribution is 0.532. The zero-order valence-corrected chi connectivity index (χ0v) is 12.3. The molecule has 2 heterocycles. The van der Waals surface area contributed by atoms with Crippen molar-refractivity contribution >= 4 is 26.9 Å². The molecule has 3 N–H and O–H groups in total. The monoisotopic (exact) mass is 331 g/mol. The highest BCUT2D eigenvalue weighted by Gasteiger charge is 2.16. The number of halogens is 1. The second-order valence-corrected chi connectivity index (χ2v) is 5.49. The fourth-order valence-corrected chi connectivity index (χ4v) is 2.50. The van der Waals surface area contributed by atoms with Crippen LogP contribution >= 0.6 is 15.9 Å². The predicted molar refractivity (Wildman–Crippen MR) is 81.9 cm³/mol. The third-order valence-corrected chi connectivity index (χ3v) is 3.76. The lowest BCUT2D eigenvalue weighted by Crippen LogP contribution is -2.29. The topological polar surface area (TPSA) is 64.1 Å². The third-order valence-electron chi connectivity index (χ3n) is 3.29. The van der Waals surface area contributed by atoms with Crippen LogP contribution in [-0.2, 0) is 6.42 Å². The van der Waals surface area contributed by atoms with E-state index in [0.717, 1.165) is 26.7 Å². The number of hydrogen-bond donors (Lipinski definition) is 2. The zero-order valence-electron chi connectivity index (χ0n) is 10.7. The average Bonchev–Trinajstić information content (AvgIpc) is 2.91. The van der Waals surface area contributed by atoms with E-state index < -0.39 is 0 Å². The van der Waals surface area contributed by atoms with Crippen molar-refractivity contribution in [1.82, 2.24) is 10.4 Å². The molecular weight excluding hydrogens is 318 g/mol. The highest BCUT2D eigenvalue weighted by Crippen LogP contribution is 2.27. The Labute approximate surface area is 125 Å². The minimum atomic E-state index is -0.0349. The van der Waals surface area contributed by atoms with Gasteiger partial charge < -0.3 is 4.42 Å². The Hall–Kier alpha value is -1.69. The van der Waals surface area contributed by atoms with Gasteiger partial charge in [-0.15, -0.1) is 0 Å². The second kappa shape index (κ2) is 5.75. The van der Waals surface area contributed by atoms with Crippen molar-refractivity contribution in [3.63, 3.8) is 0 Å². The summed E-state index contributed by atoms with van der Waals surface area (Å²) in [7, 11) is 0. The summed E-state index contributed by atoms with van der Waals surface area (Å²) >= 11 is 3.38. The fraction of sp³-hybridized carbons (Fsp3) is 0.133. The average molecular weight is 332 g/mol. The molecule has 3 rings (SSSR count). The molecule has 1 aromatic carbocycles. The Bertz CT molecular complexity index is 708. The van der Waals surface area contributed by atoms with Crippen LogP contribution in [0.15, 0.2) is 57.7 Å². The van der Waals surface area contributed by atoms with E-state index in [0.29, 0.717) is 6.42 Å². The van der Waals surface area contributed by atoms with Gasteiger partial charge >= 0.3 is 0 Å². The highest BCUT2D eigenvalue weighted by atomic mass is 79.9. The molecule has 3 aromatic rings. The number of nitrogens with one attached hydrogen (secondary N) is 1. The minimum absolute atomic E-state index is 0.0349. The Morgan fingerprint density at radius 3 is 2.85 bits per heavy atom.